The minimum Gasteiger partial charge on any atom is -0.454 e. The SMILES string of the molecule is CC(C)CNC(=O)c1cccc(C(=O)NCc2ccc3c(c2)OCO3)n1. The van der Waals surface area contributed by atoms with Crippen LogP contribution in [0.5, 0.6) is 11.5 Å². The van der Waals surface area contributed by atoms with Crippen LogP contribution in [0.1, 0.15) is 40.4 Å². The number of aromatic nitrogens is 1. The van der Waals surface area contributed by atoms with Crippen LogP contribution < -0.4 is 20.1 Å². The van der Waals surface area contributed by atoms with Crippen molar-refractivity contribution >= 4 is 11.8 Å². The molecule has 0 unspecified atom stereocenters. The van der Waals surface area contributed by atoms with Crippen LogP contribution >= 0.6 is 0 Å². The Kier molecular flexibility index (Phi) is 5.36. The van der Waals surface area contributed by atoms with Crippen molar-refractivity contribution in [2.24, 2.45) is 5.92 Å². The fourth-order valence-corrected chi connectivity index (χ4v) is 2.40. The van der Waals surface area contributed by atoms with Gasteiger partial charge in [-0.2, -0.15) is 0 Å². The summed E-state index contributed by atoms with van der Waals surface area (Å²) in [5, 5.41) is 5.58. The second-order valence-electron chi connectivity index (χ2n) is 6.38. The minimum absolute atomic E-state index is 0.197. The zero-order chi connectivity index (χ0) is 18.5. The first-order valence-electron chi connectivity index (χ1n) is 8.45. The van der Waals surface area contributed by atoms with E-state index in [1.165, 1.54) is 0 Å². The van der Waals surface area contributed by atoms with Crippen LogP contribution in [-0.2, 0) is 6.54 Å². The molecule has 0 radical (unpaired) electrons. The van der Waals surface area contributed by atoms with Crippen molar-refractivity contribution in [3.8, 4) is 11.5 Å². The van der Waals surface area contributed by atoms with E-state index < -0.39 is 0 Å². The maximum atomic E-state index is 12.3. The molecule has 26 heavy (non-hydrogen) atoms. The average molecular weight is 355 g/mol. The van der Waals surface area contributed by atoms with Gasteiger partial charge in [0.1, 0.15) is 11.4 Å². The number of ether oxygens (including phenoxy) is 2. The summed E-state index contributed by atoms with van der Waals surface area (Å²) in [6.45, 7) is 5.10. The van der Waals surface area contributed by atoms with Crippen LogP contribution in [0.4, 0.5) is 0 Å². The summed E-state index contributed by atoms with van der Waals surface area (Å²) in [6.07, 6.45) is 0. The van der Waals surface area contributed by atoms with Crippen molar-refractivity contribution in [3.05, 3.63) is 53.3 Å². The Bertz CT molecular complexity index is 820. The molecule has 0 saturated heterocycles. The van der Waals surface area contributed by atoms with Crippen LogP contribution in [0, 0.1) is 5.92 Å². The van der Waals surface area contributed by atoms with Gasteiger partial charge in [-0.15, -0.1) is 0 Å². The first-order valence-corrected chi connectivity index (χ1v) is 8.45. The zero-order valence-electron chi connectivity index (χ0n) is 14.7. The molecule has 136 valence electrons. The molecule has 7 heteroatoms. The van der Waals surface area contributed by atoms with E-state index in [1.807, 2.05) is 32.0 Å². The van der Waals surface area contributed by atoms with Gasteiger partial charge >= 0.3 is 0 Å². The van der Waals surface area contributed by atoms with Gasteiger partial charge in [0.05, 0.1) is 0 Å². The number of hydrogen-bond acceptors (Lipinski definition) is 5. The number of benzene rings is 1. The normalized spacial score (nSPS) is 12.1. The molecule has 2 N–H and O–H groups in total. The lowest BCUT2D eigenvalue weighted by molar-refractivity contribution is 0.0940. The summed E-state index contributed by atoms with van der Waals surface area (Å²) in [7, 11) is 0. The molecule has 2 aromatic rings. The number of nitrogens with one attached hydrogen (secondary N) is 2. The highest BCUT2D eigenvalue weighted by atomic mass is 16.7. The number of pyridine rings is 1. The van der Waals surface area contributed by atoms with E-state index in [0.717, 1.165) is 5.56 Å². The first kappa shape index (κ1) is 17.7. The Morgan fingerprint density at radius 2 is 1.73 bits per heavy atom. The van der Waals surface area contributed by atoms with E-state index in [-0.39, 0.29) is 30.0 Å². The van der Waals surface area contributed by atoms with Crippen LogP contribution in [0.2, 0.25) is 0 Å². The third-order valence-corrected chi connectivity index (χ3v) is 3.78. The standard InChI is InChI=1S/C19H21N3O4/c1-12(2)9-20-18(23)14-4-3-5-15(22-14)19(24)21-10-13-6-7-16-17(8-13)26-11-25-16/h3-8,12H,9-11H2,1-2H3,(H,20,23)(H,21,24). The number of rotatable bonds is 6. The van der Waals surface area contributed by atoms with Crippen molar-refractivity contribution in [2.75, 3.05) is 13.3 Å². The Hall–Kier alpha value is -3.09. The smallest absolute Gasteiger partial charge is 0.270 e. The van der Waals surface area contributed by atoms with Crippen molar-refractivity contribution < 1.29 is 19.1 Å². The number of amides is 2. The van der Waals surface area contributed by atoms with Gasteiger partial charge in [0.25, 0.3) is 11.8 Å². The molecule has 1 aliphatic rings. The molecule has 1 aromatic heterocycles. The van der Waals surface area contributed by atoms with Crippen molar-refractivity contribution in [3.63, 3.8) is 0 Å². The Morgan fingerprint density at radius 1 is 1.04 bits per heavy atom. The lowest BCUT2D eigenvalue weighted by atomic mass is 10.2. The van der Waals surface area contributed by atoms with E-state index >= 15 is 0 Å². The van der Waals surface area contributed by atoms with Crippen molar-refractivity contribution in [2.45, 2.75) is 20.4 Å². The average Bonchev–Trinajstić information content (AvgIpc) is 3.12. The highest BCUT2D eigenvalue weighted by Crippen LogP contribution is 2.32. The molecule has 0 fully saturated rings. The summed E-state index contributed by atoms with van der Waals surface area (Å²) < 4.78 is 10.6. The molecule has 0 atom stereocenters. The molecule has 2 heterocycles. The number of fused-ring (bicyclic) bond motifs is 1. The minimum atomic E-state index is -0.346. The van der Waals surface area contributed by atoms with Crippen molar-refractivity contribution in [1.82, 2.24) is 15.6 Å². The quantitative estimate of drug-likeness (QED) is 0.828. The van der Waals surface area contributed by atoms with E-state index in [2.05, 4.69) is 15.6 Å². The maximum absolute atomic E-state index is 12.3. The van der Waals surface area contributed by atoms with Gasteiger partial charge in [0.2, 0.25) is 6.79 Å². The third kappa shape index (κ3) is 4.30. The number of carbonyl (C=O) groups is 2. The Morgan fingerprint density at radius 3 is 2.46 bits per heavy atom. The third-order valence-electron chi connectivity index (χ3n) is 3.78. The number of carbonyl (C=O) groups excluding carboxylic acids is 2. The second kappa shape index (κ2) is 7.86. The molecule has 0 bridgehead atoms. The number of hydrogen-bond donors (Lipinski definition) is 2. The van der Waals surface area contributed by atoms with E-state index in [4.69, 9.17) is 9.47 Å². The predicted molar refractivity (Wildman–Crippen MR) is 95.1 cm³/mol. The summed E-state index contributed by atoms with van der Waals surface area (Å²) in [5.41, 5.74) is 1.30. The van der Waals surface area contributed by atoms with Gasteiger partial charge in [-0.05, 0) is 35.7 Å². The van der Waals surface area contributed by atoms with Crippen LogP contribution in [-0.4, -0.2) is 30.1 Å². The molecule has 1 aromatic carbocycles. The second-order valence-corrected chi connectivity index (χ2v) is 6.38. The molecule has 1 aliphatic heterocycles. The highest BCUT2D eigenvalue weighted by Gasteiger charge is 2.15. The molecule has 0 spiro atoms. The molecule has 3 rings (SSSR count). The van der Waals surface area contributed by atoms with Gasteiger partial charge in [-0.25, -0.2) is 4.98 Å². The first-order chi connectivity index (χ1) is 12.5. The summed E-state index contributed by atoms with van der Waals surface area (Å²) in [5.74, 6) is 1.07. The fraction of sp³-hybridized carbons (Fsp3) is 0.316. The van der Waals surface area contributed by atoms with Gasteiger partial charge in [0.15, 0.2) is 11.5 Å². The Labute approximate surface area is 151 Å². The van der Waals surface area contributed by atoms with E-state index in [0.29, 0.717) is 30.5 Å². The van der Waals surface area contributed by atoms with Gasteiger partial charge in [0, 0.05) is 13.1 Å². The lowest BCUT2D eigenvalue weighted by Crippen LogP contribution is -2.29. The van der Waals surface area contributed by atoms with Crippen LogP contribution in [0.15, 0.2) is 36.4 Å². The highest BCUT2D eigenvalue weighted by molar-refractivity contribution is 5.96. The van der Waals surface area contributed by atoms with Crippen LogP contribution in [0.25, 0.3) is 0 Å². The molecule has 2 amide bonds. The summed E-state index contributed by atoms with van der Waals surface area (Å²) in [4.78, 5) is 28.6. The molecular weight excluding hydrogens is 334 g/mol. The van der Waals surface area contributed by atoms with E-state index in [1.54, 1.807) is 18.2 Å². The largest absolute Gasteiger partial charge is 0.454 e. The number of nitrogens with zero attached hydrogens (tertiary/aromatic N) is 1. The topological polar surface area (TPSA) is 89.6 Å². The Balaban J connectivity index is 1.61. The monoisotopic (exact) mass is 355 g/mol. The molecule has 0 saturated carbocycles. The van der Waals surface area contributed by atoms with E-state index in [9.17, 15) is 9.59 Å². The lowest BCUT2D eigenvalue weighted by Gasteiger charge is -2.09. The summed E-state index contributed by atoms with van der Waals surface area (Å²) >= 11 is 0. The molecule has 7 nitrogen and oxygen atoms in total. The zero-order valence-corrected chi connectivity index (χ0v) is 14.7. The van der Waals surface area contributed by atoms with Gasteiger partial charge in [-0.3, -0.25) is 9.59 Å². The molecular formula is C19H21N3O4. The predicted octanol–water partition coefficient (Wildman–Crippen LogP) is 2.13. The van der Waals surface area contributed by atoms with Crippen molar-refractivity contribution in [1.29, 1.82) is 0 Å². The summed E-state index contributed by atoms with van der Waals surface area (Å²) in [6, 6.07) is 10.3. The fourth-order valence-electron chi connectivity index (χ4n) is 2.40. The van der Waals surface area contributed by atoms with Gasteiger partial charge < -0.3 is 20.1 Å². The molecule has 0 aliphatic carbocycles. The van der Waals surface area contributed by atoms with Gasteiger partial charge in [-0.1, -0.05) is 26.0 Å². The maximum Gasteiger partial charge on any atom is 0.270 e. The van der Waals surface area contributed by atoms with Crippen LogP contribution in [0.3, 0.4) is 0 Å².